The van der Waals surface area contributed by atoms with Gasteiger partial charge in [-0.1, -0.05) is 6.92 Å². The first kappa shape index (κ1) is 9.40. The molecule has 2 N–H and O–H groups in total. The van der Waals surface area contributed by atoms with Crippen LogP contribution in [0.15, 0.2) is 12.1 Å². The molecular formula is C10H16N4. The normalized spacial score (nSPS) is 22.8. The average Bonchev–Trinajstić information content (AvgIpc) is 2.67. The lowest BCUT2D eigenvalue weighted by Crippen LogP contribution is -2.23. The molecule has 1 aromatic heterocycles. The number of anilines is 1. The Balaban J connectivity index is 2.17. The van der Waals surface area contributed by atoms with E-state index in [1.165, 1.54) is 19.4 Å². The molecule has 2 rings (SSSR count). The molecule has 1 fully saturated rings. The summed E-state index contributed by atoms with van der Waals surface area (Å²) in [4.78, 5) is 2.43. The van der Waals surface area contributed by atoms with Crippen LogP contribution >= 0.6 is 0 Å². The van der Waals surface area contributed by atoms with Crippen molar-refractivity contribution in [1.82, 2.24) is 15.1 Å². The quantitative estimate of drug-likeness (QED) is 0.765. The van der Waals surface area contributed by atoms with E-state index in [1.54, 1.807) is 0 Å². The summed E-state index contributed by atoms with van der Waals surface area (Å²) < 4.78 is 0. The van der Waals surface area contributed by atoms with Crippen molar-refractivity contribution in [3.05, 3.63) is 17.8 Å². The summed E-state index contributed by atoms with van der Waals surface area (Å²) in [6, 6.07) is 4.27. The van der Waals surface area contributed by atoms with Crippen LogP contribution in [0.5, 0.6) is 0 Å². The minimum Gasteiger partial charge on any atom is -0.382 e. The van der Waals surface area contributed by atoms with Gasteiger partial charge in [0, 0.05) is 0 Å². The van der Waals surface area contributed by atoms with E-state index in [0.29, 0.717) is 11.9 Å². The number of nitrogens with two attached hydrogens (primary N) is 1. The van der Waals surface area contributed by atoms with E-state index in [0.717, 1.165) is 12.2 Å². The summed E-state index contributed by atoms with van der Waals surface area (Å²) in [5.74, 6) is 0.495. The topological polar surface area (TPSA) is 55.0 Å². The van der Waals surface area contributed by atoms with E-state index in [9.17, 15) is 0 Å². The van der Waals surface area contributed by atoms with Gasteiger partial charge in [-0.2, -0.15) is 5.10 Å². The molecule has 1 aliphatic rings. The number of nitrogens with zero attached hydrogens (tertiary/aromatic N) is 3. The molecule has 1 atom stereocenters. The zero-order chi connectivity index (χ0) is 9.97. The van der Waals surface area contributed by atoms with Crippen molar-refractivity contribution < 1.29 is 0 Å². The van der Waals surface area contributed by atoms with Crippen molar-refractivity contribution in [2.45, 2.75) is 25.8 Å². The number of hydrogen-bond donors (Lipinski definition) is 1. The smallest absolute Gasteiger partial charge is 0.146 e. The zero-order valence-corrected chi connectivity index (χ0v) is 8.48. The number of aromatic nitrogens is 2. The van der Waals surface area contributed by atoms with Gasteiger partial charge in [0.25, 0.3) is 0 Å². The Hall–Kier alpha value is -1.16. The van der Waals surface area contributed by atoms with Crippen LogP contribution < -0.4 is 5.73 Å². The third-order valence-corrected chi connectivity index (χ3v) is 2.82. The first-order valence-corrected chi connectivity index (χ1v) is 5.14. The predicted molar refractivity (Wildman–Crippen MR) is 55.7 cm³/mol. The second-order valence-electron chi connectivity index (χ2n) is 3.67. The van der Waals surface area contributed by atoms with Crippen LogP contribution in [-0.4, -0.2) is 28.2 Å². The van der Waals surface area contributed by atoms with Gasteiger partial charge in [-0.3, -0.25) is 4.90 Å². The van der Waals surface area contributed by atoms with Crippen LogP contribution in [0.3, 0.4) is 0 Å². The molecule has 4 nitrogen and oxygen atoms in total. The summed E-state index contributed by atoms with van der Waals surface area (Å²) in [5, 5.41) is 8.04. The highest BCUT2D eigenvalue weighted by Gasteiger charge is 2.25. The van der Waals surface area contributed by atoms with Gasteiger partial charge in [0.15, 0.2) is 0 Å². The van der Waals surface area contributed by atoms with E-state index in [4.69, 9.17) is 5.73 Å². The lowest BCUT2D eigenvalue weighted by molar-refractivity contribution is 0.266. The lowest BCUT2D eigenvalue weighted by atomic mass is 10.1. The monoisotopic (exact) mass is 192 g/mol. The molecule has 1 unspecified atom stereocenters. The fourth-order valence-corrected chi connectivity index (χ4v) is 2.07. The van der Waals surface area contributed by atoms with E-state index >= 15 is 0 Å². The lowest BCUT2D eigenvalue weighted by Gasteiger charge is -2.21. The highest BCUT2D eigenvalue weighted by molar-refractivity contribution is 5.26. The van der Waals surface area contributed by atoms with Crippen LogP contribution in [0, 0.1) is 0 Å². The van der Waals surface area contributed by atoms with Crippen molar-refractivity contribution in [2.75, 3.05) is 18.8 Å². The summed E-state index contributed by atoms with van der Waals surface area (Å²) >= 11 is 0. The molecule has 14 heavy (non-hydrogen) atoms. The fourth-order valence-electron chi connectivity index (χ4n) is 2.07. The van der Waals surface area contributed by atoms with Crippen LogP contribution in [0.25, 0.3) is 0 Å². The maximum Gasteiger partial charge on any atom is 0.146 e. The number of nitrogen functional groups attached to an aromatic ring is 1. The Morgan fingerprint density at radius 1 is 1.50 bits per heavy atom. The number of likely N-dealkylation sites (tertiary alicyclic amines) is 1. The molecule has 0 aliphatic carbocycles. The summed E-state index contributed by atoms with van der Waals surface area (Å²) in [5.41, 5.74) is 6.56. The Bertz CT molecular complexity index is 295. The van der Waals surface area contributed by atoms with Gasteiger partial charge in [0.1, 0.15) is 5.82 Å². The molecule has 2 heterocycles. The van der Waals surface area contributed by atoms with Crippen LogP contribution in [0.2, 0.25) is 0 Å². The minimum atomic E-state index is 0.452. The molecule has 1 aliphatic heterocycles. The standard InChI is InChI=1S/C10H16N4/c1-2-14-7-3-4-9(14)8-5-6-10(11)13-12-8/h5-6,9H,2-4,7H2,1H3,(H2,11,13). The predicted octanol–water partition coefficient (Wildman–Crippen LogP) is 1.22. The Kier molecular flexibility index (Phi) is 2.63. The van der Waals surface area contributed by atoms with Crippen LogP contribution in [0.1, 0.15) is 31.5 Å². The average molecular weight is 192 g/mol. The van der Waals surface area contributed by atoms with E-state index in [-0.39, 0.29) is 0 Å². The van der Waals surface area contributed by atoms with Gasteiger partial charge in [-0.15, -0.1) is 5.10 Å². The fraction of sp³-hybridized carbons (Fsp3) is 0.600. The molecule has 4 heteroatoms. The van der Waals surface area contributed by atoms with Gasteiger partial charge < -0.3 is 5.73 Å². The van der Waals surface area contributed by atoms with Gasteiger partial charge in [-0.05, 0) is 38.1 Å². The SMILES string of the molecule is CCN1CCCC1c1ccc(N)nn1. The molecule has 0 aromatic carbocycles. The molecule has 76 valence electrons. The second kappa shape index (κ2) is 3.92. The maximum absolute atomic E-state index is 5.51. The van der Waals surface area contributed by atoms with Gasteiger partial charge in [0.05, 0.1) is 11.7 Å². The summed E-state index contributed by atoms with van der Waals surface area (Å²) in [6.07, 6.45) is 2.44. The third-order valence-electron chi connectivity index (χ3n) is 2.82. The molecule has 0 radical (unpaired) electrons. The van der Waals surface area contributed by atoms with Gasteiger partial charge in [0.2, 0.25) is 0 Å². The molecular weight excluding hydrogens is 176 g/mol. The summed E-state index contributed by atoms with van der Waals surface area (Å²) in [7, 11) is 0. The number of rotatable bonds is 2. The molecule has 0 amide bonds. The Labute approximate surface area is 84.1 Å². The van der Waals surface area contributed by atoms with E-state index in [2.05, 4.69) is 22.0 Å². The molecule has 1 saturated heterocycles. The maximum atomic E-state index is 5.51. The van der Waals surface area contributed by atoms with Crippen molar-refractivity contribution in [3.8, 4) is 0 Å². The largest absolute Gasteiger partial charge is 0.382 e. The zero-order valence-electron chi connectivity index (χ0n) is 8.48. The molecule has 0 saturated carbocycles. The van der Waals surface area contributed by atoms with Crippen LogP contribution in [0.4, 0.5) is 5.82 Å². The molecule has 0 bridgehead atoms. The van der Waals surface area contributed by atoms with Gasteiger partial charge >= 0.3 is 0 Å². The third kappa shape index (κ3) is 1.70. The first-order valence-electron chi connectivity index (χ1n) is 5.14. The minimum absolute atomic E-state index is 0.452. The summed E-state index contributed by atoms with van der Waals surface area (Å²) in [6.45, 7) is 4.44. The second-order valence-corrected chi connectivity index (χ2v) is 3.67. The molecule has 1 aromatic rings. The van der Waals surface area contributed by atoms with Crippen molar-refractivity contribution in [1.29, 1.82) is 0 Å². The van der Waals surface area contributed by atoms with Crippen LogP contribution in [-0.2, 0) is 0 Å². The Morgan fingerprint density at radius 2 is 2.36 bits per heavy atom. The van der Waals surface area contributed by atoms with E-state index < -0.39 is 0 Å². The van der Waals surface area contributed by atoms with E-state index in [1.807, 2.05) is 12.1 Å². The van der Waals surface area contributed by atoms with Crippen molar-refractivity contribution >= 4 is 5.82 Å². The van der Waals surface area contributed by atoms with Gasteiger partial charge in [-0.25, -0.2) is 0 Å². The first-order chi connectivity index (χ1) is 6.81. The highest BCUT2D eigenvalue weighted by Crippen LogP contribution is 2.29. The van der Waals surface area contributed by atoms with Crippen molar-refractivity contribution in [3.63, 3.8) is 0 Å². The molecule has 0 spiro atoms. The van der Waals surface area contributed by atoms with Crippen molar-refractivity contribution in [2.24, 2.45) is 0 Å². The number of hydrogen-bond acceptors (Lipinski definition) is 4. The Morgan fingerprint density at radius 3 is 3.00 bits per heavy atom. The highest BCUT2D eigenvalue weighted by atomic mass is 15.2.